The zero-order valence-electron chi connectivity index (χ0n) is 12.3. The number of carbonyl (C=O) groups is 1. The third-order valence-electron chi connectivity index (χ3n) is 3.71. The number of benzene rings is 1. The fourth-order valence-corrected chi connectivity index (χ4v) is 2.74. The normalized spacial score (nSPS) is 22.5. The Labute approximate surface area is 125 Å². The molecule has 1 unspecified atom stereocenters. The third kappa shape index (κ3) is 4.28. The summed E-state index contributed by atoms with van der Waals surface area (Å²) in [6.45, 7) is 3.36. The number of aliphatic hydroxyl groups is 1. The van der Waals surface area contributed by atoms with Gasteiger partial charge in [0.1, 0.15) is 6.54 Å². The van der Waals surface area contributed by atoms with Gasteiger partial charge in [0.05, 0.1) is 18.2 Å². The van der Waals surface area contributed by atoms with E-state index in [-0.39, 0.29) is 19.0 Å². The fourth-order valence-electron chi connectivity index (χ4n) is 2.74. The molecule has 1 fully saturated rings. The molecule has 0 radical (unpaired) electrons. The molecule has 1 aliphatic rings. The van der Waals surface area contributed by atoms with E-state index in [4.69, 9.17) is 5.26 Å². The Hall–Kier alpha value is -1.90. The van der Waals surface area contributed by atoms with Gasteiger partial charge in [-0.2, -0.15) is 5.26 Å². The zero-order valence-corrected chi connectivity index (χ0v) is 12.3. The van der Waals surface area contributed by atoms with E-state index in [1.807, 2.05) is 41.3 Å². The van der Waals surface area contributed by atoms with Crippen LogP contribution >= 0.6 is 0 Å². The molecule has 5 nitrogen and oxygen atoms in total. The van der Waals surface area contributed by atoms with E-state index in [0.29, 0.717) is 6.54 Å². The number of amides is 1. The maximum absolute atomic E-state index is 12.5. The molecule has 21 heavy (non-hydrogen) atoms. The van der Waals surface area contributed by atoms with Crippen molar-refractivity contribution in [3.8, 4) is 6.07 Å². The molecule has 0 aromatic heterocycles. The van der Waals surface area contributed by atoms with Gasteiger partial charge in [0.25, 0.3) is 0 Å². The molecule has 0 spiro atoms. The number of hydrogen-bond donors (Lipinski definition) is 1. The average Bonchev–Trinajstić information content (AvgIpc) is 2.44. The van der Waals surface area contributed by atoms with Crippen LogP contribution in [-0.4, -0.2) is 47.7 Å². The van der Waals surface area contributed by atoms with Gasteiger partial charge >= 0.3 is 0 Å². The summed E-state index contributed by atoms with van der Waals surface area (Å²) in [6, 6.07) is 11.2. The van der Waals surface area contributed by atoms with Gasteiger partial charge in [-0.25, -0.2) is 0 Å². The molecule has 1 amide bonds. The minimum Gasteiger partial charge on any atom is -0.389 e. The predicted molar refractivity (Wildman–Crippen MR) is 80.7 cm³/mol. The van der Waals surface area contributed by atoms with E-state index in [2.05, 4.69) is 0 Å². The first-order valence-electron chi connectivity index (χ1n) is 7.19. The van der Waals surface area contributed by atoms with Crippen LogP contribution in [0.5, 0.6) is 0 Å². The predicted octanol–water partition coefficient (Wildman–Crippen LogP) is 1.39. The minimum atomic E-state index is -0.731. The van der Waals surface area contributed by atoms with Crippen molar-refractivity contribution < 1.29 is 9.90 Å². The van der Waals surface area contributed by atoms with Crippen molar-refractivity contribution in [3.63, 3.8) is 0 Å². The van der Waals surface area contributed by atoms with E-state index in [9.17, 15) is 9.90 Å². The fraction of sp³-hybridized carbons (Fsp3) is 0.500. The van der Waals surface area contributed by atoms with Crippen LogP contribution in [0.2, 0.25) is 0 Å². The van der Waals surface area contributed by atoms with Crippen molar-refractivity contribution >= 4 is 11.6 Å². The highest BCUT2D eigenvalue weighted by molar-refractivity contribution is 5.95. The molecule has 1 N–H and O–H groups in total. The number of β-amino-alcohol motifs (C(OH)–C–C–N with tert-alkyl or cyclic N) is 1. The SMILES string of the molecule is CC1(O)CCCN(CC(=O)N(CC#N)c2ccccc2)C1. The Morgan fingerprint density at radius 3 is 2.81 bits per heavy atom. The van der Waals surface area contributed by atoms with Gasteiger partial charge in [0.15, 0.2) is 0 Å². The van der Waals surface area contributed by atoms with E-state index in [1.165, 1.54) is 4.90 Å². The lowest BCUT2D eigenvalue weighted by molar-refractivity contribution is -0.121. The first-order chi connectivity index (χ1) is 10.0. The number of anilines is 1. The summed E-state index contributed by atoms with van der Waals surface area (Å²) in [7, 11) is 0. The smallest absolute Gasteiger partial charge is 0.242 e. The Morgan fingerprint density at radius 2 is 2.19 bits per heavy atom. The summed E-state index contributed by atoms with van der Waals surface area (Å²) >= 11 is 0. The Morgan fingerprint density at radius 1 is 1.48 bits per heavy atom. The molecule has 1 saturated heterocycles. The summed E-state index contributed by atoms with van der Waals surface area (Å²) in [6.07, 6.45) is 1.64. The monoisotopic (exact) mass is 287 g/mol. The number of rotatable bonds is 4. The lowest BCUT2D eigenvalue weighted by Gasteiger charge is -2.37. The summed E-state index contributed by atoms with van der Waals surface area (Å²) in [5.74, 6) is -0.111. The quantitative estimate of drug-likeness (QED) is 0.850. The molecule has 0 saturated carbocycles. The van der Waals surface area contributed by atoms with E-state index in [1.54, 1.807) is 6.92 Å². The van der Waals surface area contributed by atoms with Gasteiger partial charge in [-0.1, -0.05) is 18.2 Å². The van der Waals surface area contributed by atoms with Gasteiger partial charge in [0, 0.05) is 12.2 Å². The second-order valence-corrected chi connectivity index (χ2v) is 5.78. The van der Waals surface area contributed by atoms with Crippen molar-refractivity contribution in [2.45, 2.75) is 25.4 Å². The number of carbonyl (C=O) groups excluding carboxylic acids is 1. The summed E-state index contributed by atoms with van der Waals surface area (Å²) < 4.78 is 0. The summed E-state index contributed by atoms with van der Waals surface area (Å²) in [4.78, 5) is 15.9. The lowest BCUT2D eigenvalue weighted by Crippen LogP contribution is -2.50. The first-order valence-corrected chi connectivity index (χ1v) is 7.19. The van der Waals surface area contributed by atoms with Gasteiger partial charge in [0.2, 0.25) is 5.91 Å². The Bertz CT molecular complexity index is 522. The number of hydrogen-bond acceptors (Lipinski definition) is 4. The second kappa shape index (κ2) is 6.70. The molecule has 0 aliphatic carbocycles. The molecule has 5 heteroatoms. The Balaban J connectivity index is 2.04. The first kappa shape index (κ1) is 15.5. The highest BCUT2D eigenvalue weighted by atomic mass is 16.3. The summed E-state index contributed by atoms with van der Waals surface area (Å²) in [5.41, 5.74) is -0.00136. The molecule has 2 rings (SSSR count). The van der Waals surface area contributed by atoms with Crippen LogP contribution in [-0.2, 0) is 4.79 Å². The van der Waals surface area contributed by atoms with Gasteiger partial charge in [-0.3, -0.25) is 14.6 Å². The second-order valence-electron chi connectivity index (χ2n) is 5.78. The molecule has 1 aromatic rings. The van der Waals surface area contributed by atoms with Crippen molar-refractivity contribution in [2.75, 3.05) is 31.1 Å². The third-order valence-corrected chi connectivity index (χ3v) is 3.71. The molecule has 1 heterocycles. The molecule has 112 valence electrons. The Kier molecular flexibility index (Phi) is 4.94. The standard InChI is InChI=1S/C16H21N3O2/c1-16(21)8-5-10-18(13-16)12-15(20)19(11-9-17)14-6-3-2-4-7-14/h2-4,6-7,21H,5,8,10-13H2,1H3. The zero-order chi connectivity index (χ0) is 15.3. The topological polar surface area (TPSA) is 67.6 Å². The minimum absolute atomic E-state index is 0.0348. The van der Waals surface area contributed by atoms with Crippen molar-refractivity contribution in [1.29, 1.82) is 5.26 Å². The summed E-state index contributed by atoms with van der Waals surface area (Å²) in [5, 5.41) is 19.0. The van der Waals surface area contributed by atoms with Crippen LogP contribution in [0.4, 0.5) is 5.69 Å². The van der Waals surface area contributed by atoms with E-state index < -0.39 is 5.60 Å². The highest BCUT2D eigenvalue weighted by Crippen LogP contribution is 2.21. The molecule has 1 aromatic carbocycles. The van der Waals surface area contributed by atoms with Crippen molar-refractivity contribution in [2.24, 2.45) is 0 Å². The number of para-hydroxylation sites is 1. The van der Waals surface area contributed by atoms with Crippen LogP contribution in [0.3, 0.4) is 0 Å². The van der Waals surface area contributed by atoms with Crippen molar-refractivity contribution in [1.82, 2.24) is 4.90 Å². The van der Waals surface area contributed by atoms with Crippen LogP contribution in [0.1, 0.15) is 19.8 Å². The number of nitriles is 1. The maximum Gasteiger partial charge on any atom is 0.242 e. The number of nitrogens with zero attached hydrogens (tertiary/aromatic N) is 3. The van der Waals surface area contributed by atoms with Gasteiger partial charge in [-0.15, -0.1) is 0 Å². The van der Waals surface area contributed by atoms with Crippen LogP contribution in [0.25, 0.3) is 0 Å². The van der Waals surface area contributed by atoms with Crippen LogP contribution in [0.15, 0.2) is 30.3 Å². The van der Waals surface area contributed by atoms with Crippen LogP contribution < -0.4 is 4.90 Å². The van der Waals surface area contributed by atoms with Crippen molar-refractivity contribution in [3.05, 3.63) is 30.3 Å². The van der Waals surface area contributed by atoms with E-state index in [0.717, 1.165) is 25.1 Å². The van der Waals surface area contributed by atoms with Gasteiger partial charge < -0.3 is 5.11 Å². The number of likely N-dealkylation sites (tertiary alicyclic amines) is 1. The van der Waals surface area contributed by atoms with Crippen LogP contribution in [0, 0.1) is 11.3 Å². The molecule has 0 bridgehead atoms. The lowest BCUT2D eigenvalue weighted by atomic mass is 9.95. The van der Waals surface area contributed by atoms with Gasteiger partial charge in [-0.05, 0) is 38.4 Å². The van der Waals surface area contributed by atoms with E-state index >= 15 is 0 Å². The molecule has 1 aliphatic heterocycles. The molecular formula is C16H21N3O2. The number of piperidine rings is 1. The molecule has 1 atom stereocenters. The molecular weight excluding hydrogens is 266 g/mol. The highest BCUT2D eigenvalue weighted by Gasteiger charge is 2.30. The largest absolute Gasteiger partial charge is 0.389 e. The average molecular weight is 287 g/mol. The maximum atomic E-state index is 12.5.